The Balaban J connectivity index is 1.92. The minimum atomic E-state index is -0.569. The van der Waals surface area contributed by atoms with Crippen LogP contribution in [0.3, 0.4) is 0 Å². The van der Waals surface area contributed by atoms with E-state index in [9.17, 15) is 19.3 Å². The molecule has 0 aliphatic rings. The van der Waals surface area contributed by atoms with Gasteiger partial charge in [-0.2, -0.15) is 0 Å². The summed E-state index contributed by atoms with van der Waals surface area (Å²) in [5, 5.41) is 13.4. The zero-order valence-corrected chi connectivity index (χ0v) is 12.8. The number of nitrogens with zero attached hydrogens (tertiary/aromatic N) is 1. The molecule has 0 unspecified atom stereocenters. The van der Waals surface area contributed by atoms with Crippen LogP contribution >= 0.6 is 0 Å². The second-order valence-electron chi connectivity index (χ2n) is 4.78. The maximum absolute atomic E-state index is 12.8. The number of nitro groups is 1. The summed E-state index contributed by atoms with van der Waals surface area (Å²) in [5.74, 6) is -0.394. The first-order valence-corrected chi connectivity index (χ1v) is 6.96. The van der Waals surface area contributed by atoms with E-state index in [0.717, 1.165) is 5.56 Å². The molecule has 2 aromatic rings. The summed E-state index contributed by atoms with van der Waals surface area (Å²) >= 11 is 0. The van der Waals surface area contributed by atoms with Crippen molar-refractivity contribution in [1.82, 2.24) is 5.32 Å². The van der Waals surface area contributed by atoms with E-state index in [2.05, 4.69) is 5.32 Å². The Bertz CT molecular complexity index is 734. The predicted octanol–water partition coefficient (Wildman–Crippen LogP) is 2.44. The molecule has 1 amide bonds. The first-order valence-electron chi connectivity index (χ1n) is 6.96. The number of methoxy groups -OCH3 is 1. The molecule has 0 aliphatic heterocycles. The van der Waals surface area contributed by atoms with E-state index in [-0.39, 0.29) is 36.2 Å². The third-order valence-corrected chi connectivity index (χ3v) is 3.12. The largest absolute Gasteiger partial charge is 0.493 e. The standard InChI is InChI=1S/C16H15FN2O5/c1-23-14-7-6-13(19(21)22)8-15(14)24-10-16(20)18-9-11-2-4-12(17)5-3-11/h2-8H,9-10H2,1H3,(H,18,20). The van der Waals surface area contributed by atoms with Crippen LogP contribution in [0, 0.1) is 15.9 Å². The number of nitrogens with one attached hydrogen (secondary N) is 1. The van der Waals surface area contributed by atoms with Crippen molar-refractivity contribution < 1.29 is 23.6 Å². The lowest BCUT2D eigenvalue weighted by atomic mass is 10.2. The van der Waals surface area contributed by atoms with Crippen molar-refractivity contribution in [3.8, 4) is 11.5 Å². The van der Waals surface area contributed by atoms with Crippen molar-refractivity contribution in [1.29, 1.82) is 0 Å². The van der Waals surface area contributed by atoms with Gasteiger partial charge in [-0.25, -0.2) is 4.39 Å². The number of halogens is 1. The predicted molar refractivity (Wildman–Crippen MR) is 83.4 cm³/mol. The highest BCUT2D eigenvalue weighted by atomic mass is 19.1. The molecular weight excluding hydrogens is 319 g/mol. The molecule has 2 aromatic carbocycles. The molecule has 2 rings (SSSR count). The normalized spacial score (nSPS) is 10.1. The summed E-state index contributed by atoms with van der Waals surface area (Å²) in [6.07, 6.45) is 0. The van der Waals surface area contributed by atoms with Gasteiger partial charge in [0.2, 0.25) is 0 Å². The molecule has 0 saturated carbocycles. The number of carbonyl (C=O) groups is 1. The number of hydrogen-bond donors (Lipinski definition) is 1. The zero-order chi connectivity index (χ0) is 17.5. The van der Waals surface area contributed by atoms with E-state index >= 15 is 0 Å². The van der Waals surface area contributed by atoms with Crippen LogP contribution in [0.15, 0.2) is 42.5 Å². The summed E-state index contributed by atoms with van der Waals surface area (Å²) in [5.41, 5.74) is 0.565. The Morgan fingerprint density at radius 3 is 2.54 bits per heavy atom. The van der Waals surface area contributed by atoms with Crippen molar-refractivity contribution in [2.75, 3.05) is 13.7 Å². The van der Waals surface area contributed by atoms with E-state index in [0.29, 0.717) is 0 Å². The van der Waals surface area contributed by atoms with Gasteiger partial charge in [-0.15, -0.1) is 0 Å². The Kier molecular flexibility index (Phi) is 5.67. The van der Waals surface area contributed by atoms with Gasteiger partial charge >= 0.3 is 0 Å². The topological polar surface area (TPSA) is 90.7 Å². The minimum Gasteiger partial charge on any atom is -0.493 e. The van der Waals surface area contributed by atoms with Crippen LogP contribution in [0.2, 0.25) is 0 Å². The van der Waals surface area contributed by atoms with Crippen molar-refractivity contribution in [3.05, 3.63) is 64.0 Å². The molecule has 0 fully saturated rings. The van der Waals surface area contributed by atoms with Crippen molar-refractivity contribution >= 4 is 11.6 Å². The smallest absolute Gasteiger partial charge is 0.273 e. The van der Waals surface area contributed by atoms with Gasteiger partial charge in [0.05, 0.1) is 18.1 Å². The van der Waals surface area contributed by atoms with Crippen LogP contribution in [-0.2, 0) is 11.3 Å². The minimum absolute atomic E-state index is 0.101. The average molecular weight is 334 g/mol. The second kappa shape index (κ2) is 7.91. The van der Waals surface area contributed by atoms with Crippen LogP contribution in [-0.4, -0.2) is 24.5 Å². The van der Waals surface area contributed by atoms with E-state index < -0.39 is 10.8 Å². The lowest BCUT2D eigenvalue weighted by Crippen LogP contribution is -2.28. The molecule has 1 N–H and O–H groups in total. The number of ether oxygens (including phenoxy) is 2. The maximum atomic E-state index is 12.8. The molecule has 7 nitrogen and oxygen atoms in total. The molecule has 0 spiro atoms. The molecular formula is C16H15FN2O5. The molecule has 0 atom stereocenters. The number of hydrogen-bond acceptors (Lipinski definition) is 5. The molecule has 0 aromatic heterocycles. The van der Waals surface area contributed by atoms with Crippen LogP contribution in [0.4, 0.5) is 10.1 Å². The summed E-state index contributed by atoms with van der Waals surface area (Å²) in [4.78, 5) is 22.0. The highest BCUT2D eigenvalue weighted by molar-refractivity contribution is 5.77. The van der Waals surface area contributed by atoms with E-state index in [1.807, 2.05) is 0 Å². The van der Waals surface area contributed by atoms with E-state index in [4.69, 9.17) is 9.47 Å². The van der Waals surface area contributed by atoms with Crippen LogP contribution < -0.4 is 14.8 Å². The number of rotatable bonds is 7. The summed E-state index contributed by atoms with van der Waals surface area (Å²) < 4.78 is 23.1. The van der Waals surface area contributed by atoms with Gasteiger partial charge in [0, 0.05) is 12.6 Å². The summed E-state index contributed by atoms with van der Waals surface area (Å²) in [7, 11) is 1.39. The van der Waals surface area contributed by atoms with E-state index in [1.165, 1.54) is 37.4 Å². The fraction of sp³-hybridized carbons (Fsp3) is 0.188. The molecule has 0 radical (unpaired) electrons. The fourth-order valence-electron chi connectivity index (χ4n) is 1.89. The third kappa shape index (κ3) is 4.67. The number of amides is 1. The van der Waals surface area contributed by atoms with E-state index in [1.54, 1.807) is 12.1 Å². The molecule has 0 saturated heterocycles. The SMILES string of the molecule is COc1ccc([N+](=O)[O-])cc1OCC(=O)NCc1ccc(F)cc1. The summed E-state index contributed by atoms with van der Waals surface area (Å²) in [6.45, 7) is -0.118. The average Bonchev–Trinajstić information content (AvgIpc) is 2.59. The van der Waals surface area contributed by atoms with Crippen LogP contribution in [0.1, 0.15) is 5.56 Å². The molecule has 126 valence electrons. The third-order valence-electron chi connectivity index (χ3n) is 3.12. The van der Waals surface area contributed by atoms with Gasteiger partial charge in [0.25, 0.3) is 11.6 Å². The van der Waals surface area contributed by atoms with Crippen molar-refractivity contribution in [2.24, 2.45) is 0 Å². The fourth-order valence-corrected chi connectivity index (χ4v) is 1.89. The van der Waals surface area contributed by atoms with Gasteiger partial charge in [-0.3, -0.25) is 14.9 Å². The van der Waals surface area contributed by atoms with Crippen molar-refractivity contribution in [2.45, 2.75) is 6.54 Å². The molecule has 8 heteroatoms. The Hall–Kier alpha value is -3.16. The number of nitro benzene ring substituents is 1. The van der Waals surface area contributed by atoms with Crippen molar-refractivity contribution in [3.63, 3.8) is 0 Å². The lowest BCUT2D eigenvalue weighted by molar-refractivity contribution is -0.385. The Labute approximate surface area is 137 Å². The van der Waals surface area contributed by atoms with Crippen LogP contribution in [0.25, 0.3) is 0 Å². The number of benzene rings is 2. The van der Waals surface area contributed by atoms with Gasteiger partial charge in [0.15, 0.2) is 18.1 Å². The Morgan fingerprint density at radius 2 is 1.92 bits per heavy atom. The molecule has 0 bridgehead atoms. The van der Waals surface area contributed by atoms with Gasteiger partial charge in [-0.05, 0) is 23.8 Å². The Morgan fingerprint density at radius 1 is 1.21 bits per heavy atom. The highest BCUT2D eigenvalue weighted by Gasteiger charge is 2.13. The molecule has 0 heterocycles. The van der Waals surface area contributed by atoms with Gasteiger partial charge in [0.1, 0.15) is 5.82 Å². The first kappa shape index (κ1) is 17.2. The van der Waals surface area contributed by atoms with Crippen LogP contribution in [0.5, 0.6) is 11.5 Å². The monoisotopic (exact) mass is 334 g/mol. The van der Waals surface area contributed by atoms with Gasteiger partial charge < -0.3 is 14.8 Å². The maximum Gasteiger partial charge on any atom is 0.273 e. The molecule has 24 heavy (non-hydrogen) atoms. The summed E-state index contributed by atoms with van der Waals surface area (Å²) in [6, 6.07) is 9.56. The first-order chi connectivity index (χ1) is 11.5. The lowest BCUT2D eigenvalue weighted by Gasteiger charge is -2.10. The zero-order valence-electron chi connectivity index (χ0n) is 12.8. The number of carbonyl (C=O) groups excluding carboxylic acids is 1. The highest BCUT2D eigenvalue weighted by Crippen LogP contribution is 2.30. The molecule has 0 aliphatic carbocycles. The number of non-ortho nitro benzene ring substituents is 1. The van der Waals surface area contributed by atoms with Gasteiger partial charge in [-0.1, -0.05) is 12.1 Å². The quantitative estimate of drug-likeness (QED) is 0.620. The second-order valence-corrected chi connectivity index (χ2v) is 4.78.